The first-order valence-corrected chi connectivity index (χ1v) is 9.23. The zero-order valence-electron chi connectivity index (χ0n) is 14.9. The molecule has 2 aliphatic heterocycles. The Bertz CT molecular complexity index is 862. The molecule has 1 N–H and O–H groups in total. The van der Waals surface area contributed by atoms with Crippen molar-refractivity contribution in [1.82, 2.24) is 14.9 Å². The van der Waals surface area contributed by atoms with Crippen LogP contribution in [-0.4, -0.2) is 46.1 Å². The molecule has 2 aliphatic rings. The van der Waals surface area contributed by atoms with E-state index in [9.17, 15) is 9.59 Å². The third kappa shape index (κ3) is 3.05. The van der Waals surface area contributed by atoms with Crippen LogP contribution in [-0.2, 0) is 22.4 Å². The molecular weight excluding hydrogens is 330 g/mol. The van der Waals surface area contributed by atoms with Gasteiger partial charge in [-0.15, -0.1) is 0 Å². The van der Waals surface area contributed by atoms with E-state index in [4.69, 9.17) is 9.72 Å². The SMILES string of the molecule is CCOCC(=O)N1[C@@H]2CC[C@H]1Cc1nc(-c3ccccc3)[nH]c(=O)c1C2. The first-order valence-electron chi connectivity index (χ1n) is 9.23. The highest BCUT2D eigenvalue weighted by molar-refractivity contribution is 5.78. The molecule has 0 radical (unpaired) electrons. The molecule has 2 atom stereocenters. The molecule has 6 heteroatoms. The third-order valence-corrected chi connectivity index (χ3v) is 5.35. The number of benzene rings is 1. The van der Waals surface area contributed by atoms with E-state index < -0.39 is 0 Å². The van der Waals surface area contributed by atoms with E-state index in [0.29, 0.717) is 25.3 Å². The van der Waals surface area contributed by atoms with Crippen molar-refractivity contribution >= 4 is 5.91 Å². The molecule has 1 amide bonds. The van der Waals surface area contributed by atoms with E-state index in [1.807, 2.05) is 42.2 Å². The van der Waals surface area contributed by atoms with E-state index in [-0.39, 0.29) is 30.2 Å². The summed E-state index contributed by atoms with van der Waals surface area (Å²) >= 11 is 0. The maximum absolute atomic E-state index is 12.7. The zero-order chi connectivity index (χ0) is 18.1. The van der Waals surface area contributed by atoms with Crippen LogP contribution < -0.4 is 5.56 Å². The standard InChI is InChI=1S/C20H23N3O3/c1-2-26-12-18(24)23-14-8-9-15(23)11-17-16(10-14)20(25)22-19(21-17)13-6-4-3-5-7-13/h3-7,14-15H,2,8-12H2,1H3,(H,21,22,25)/t14-,15+/m1/s1. The molecule has 1 aromatic carbocycles. The third-order valence-electron chi connectivity index (χ3n) is 5.35. The summed E-state index contributed by atoms with van der Waals surface area (Å²) in [4.78, 5) is 34.9. The van der Waals surface area contributed by atoms with Crippen LogP contribution in [0.5, 0.6) is 0 Å². The molecular formula is C20H23N3O3. The van der Waals surface area contributed by atoms with Crippen LogP contribution in [0.25, 0.3) is 11.4 Å². The number of hydrogen-bond donors (Lipinski definition) is 1. The number of aromatic nitrogens is 2. The van der Waals surface area contributed by atoms with E-state index in [1.165, 1.54) is 0 Å². The number of H-pyrrole nitrogens is 1. The lowest BCUT2D eigenvalue weighted by Gasteiger charge is -2.28. The molecule has 136 valence electrons. The summed E-state index contributed by atoms with van der Waals surface area (Å²) in [7, 11) is 0. The van der Waals surface area contributed by atoms with E-state index in [2.05, 4.69) is 4.98 Å². The lowest BCUT2D eigenvalue weighted by atomic mass is 9.98. The van der Waals surface area contributed by atoms with Crippen molar-refractivity contribution in [2.24, 2.45) is 0 Å². The predicted molar refractivity (Wildman–Crippen MR) is 97.9 cm³/mol. The van der Waals surface area contributed by atoms with Crippen molar-refractivity contribution < 1.29 is 9.53 Å². The number of ether oxygens (including phenoxy) is 1. The Kier molecular flexibility index (Phi) is 4.59. The van der Waals surface area contributed by atoms with Crippen LogP contribution in [0.15, 0.2) is 35.1 Å². The van der Waals surface area contributed by atoms with Crippen LogP contribution in [0.2, 0.25) is 0 Å². The van der Waals surface area contributed by atoms with Gasteiger partial charge in [0.05, 0.1) is 5.69 Å². The Morgan fingerprint density at radius 3 is 2.69 bits per heavy atom. The highest BCUT2D eigenvalue weighted by atomic mass is 16.5. The Morgan fingerprint density at radius 1 is 1.23 bits per heavy atom. The smallest absolute Gasteiger partial charge is 0.254 e. The number of fused-ring (bicyclic) bond motifs is 3. The fourth-order valence-electron chi connectivity index (χ4n) is 4.15. The van der Waals surface area contributed by atoms with E-state index >= 15 is 0 Å². The highest BCUT2D eigenvalue weighted by Crippen LogP contribution is 2.33. The minimum absolute atomic E-state index is 0.0202. The van der Waals surface area contributed by atoms with Gasteiger partial charge in [-0.2, -0.15) is 0 Å². The molecule has 1 fully saturated rings. The van der Waals surface area contributed by atoms with Gasteiger partial charge in [-0.1, -0.05) is 30.3 Å². The summed E-state index contributed by atoms with van der Waals surface area (Å²) in [5, 5.41) is 0. The first-order chi connectivity index (χ1) is 12.7. The molecule has 0 saturated carbocycles. The molecule has 0 spiro atoms. The van der Waals surface area contributed by atoms with E-state index in [0.717, 1.165) is 29.7 Å². The highest BCUT2D eigenvalue weighted by Gasteiger charge is 2.40. The number of aromatic amines is 1. The molecule has 1 saturated heterocycles. The fraction of sp³-hybridized carbons (Fsp3) is 0.450. The van der Waals surface area contributed by atoms with Crippen LogP contribution in [0.3, 0.4) is 0 Å². The summed E-state index contributed by atoms with van der Waals surface area (Å²) in [5.41, 5.74) is 2.37. The lowest BCUT2D eigenvalue weighted by Crippen LogP contribution is -2.43. The summed E-state index contributed by atoms with van der Waals surface area (Å²) in [5.74, 6) is 0.617. The fourth-order valence-corrected chi connectivity index (χ4v) is 4.15. The van der Waals surface area contributed by atoms with Gasteiger partial charge in [0.25, 0.3) is 5.56 Å². The number of hydrogen-bond acceptors (Lipinski definition) is 4. The number of carbonyl (C=O) groups excluding carboxylic acids is 1. The molecule has 1 aromatic heterocycles. The Hall–Kier alpha value is -2.47. The monoisotopic (exact) mass is 353 g/mol. The molecule has 26 heavy (non-hydrogen) atoms. The van der Waals surface area contributed by atoms with Gasteiger partial charge in [0.1, 0.15) is 12.4 Å². The maximum atomic E-state index is 12.7. The first kappa shape index (κ1) is 17.0. The van der Waals surface area contributed by atoms with Crippen LogP contribution in [0.1, 0.15) is 31.0 Å². The second-order valence-electron chi connectivity index (χ2n) is 6.94. The lowest BCUT2D eigenvalue weighted by molar-refractivity contribution is -0.138. The molecule has 2 aromatic rings. The quantitative estimate of drug-likeness (QED) is 0.911. The minimum Gasteiger partial charge on any atom is -0.372 e. The van der Waals surface area contributed by atoms with Gasteiger partial charge in [-0.3, -0.25) is 9.59 Å². The number of carbonyl (C=O) groups is 1. The topological polar surface area (TPSA) is 75.3 Å². The van der Waals surface area contributed by atoms with Gasteiger partial charge >= 0.3 is 0 Å². The number of nitrogens with one attached hydrogen (secondary N) is 1. The largest absolute Gasteiger partial charge is 0.372 e. The van der Waals surface area contributed by atoms with Gasteiger partial charge < -0.3 is 14.6 Å². The average Bonchev–Trinajstić information content (AvgIpc) is 2.95. The average molecular weight is 353 g/mol. The van der Waals surface area contributed by atoms with Crippen LogP contribution in [0.4, 0.5) is 0 Å². The van der Waals surface area contributed by atoms with Crippen LogP contribution >= 0.6 is 0 Å². The molecule has 4 rings (SSSR count). The summed E-state index contributed by atoms with van der Waals surface area (Å²) < 4.78 is 5.32. The molecule has 0 unspecified atom stereocenters. The summed E-state index contributed by atoms with van der Waals surface area (Å²) in [6.07, 6.45) is 3.09. The number of rotatable bonds is 4. The number of nitrogens with zero attached hydrogens (tertiary/aromatic N) is 2. The van der Waals surface area contributed by atoms with Crippen molar-refractivity contribution in [3.05, 3.63) is 51.9 Å². The second kappa shape index (κ2) is 7.03. The normalized spacial score (nSPS) is 21.3. The molecule has 3 heterocycles. The van der Waals surface area contributed by atoms with Crippen molar-refractivity contribution in [1.29, 1.82) is 0 Å². The van der Waals surface area contributed by atoms with Gasteiger partial charge in [0.15, 0.2) is 0 Å². The van der Waals surface area contributed by atoms with Crippen LogP contribution in [0, 0.1) is 0 Å². The Labute approximate surface area is 152 Å². The summed E-state index contributed by atoms with van der Waals surface area (Å²) in [6.45, 7) is 2.52. The van der Waals surface area contributed by atoms with Crippen molar-refractivity contribution in [2.75, 3.05) is 13.2 Å². The molecule has 6 nitrogen and oxygen atoms in total. The van der Waals surface area contributed by atoms with Crippen molar-refractivity contribution in [3.8, 4) is 11.4 Å². The van der Waals surface area contributed by atoms with Crippen molar-refractivity contribution in [3.63, 3.8) is 0 Å². The predicted octanol–water partition coefficient (Wildman–Crippen LogP) is 1.93. The minimum atomic E-state index is -0.0846. The second-order valence-corrected chi connectivity index (χ2v) is 6.94. The summed E-state index contributed by atoms with van der Waals surface area (Å²) in [6, 6.07) is 9.84. The van der Waals surface area contributed by atoms with Gasteiger partial charge in [0.2, 0.25) is 5.91 Å². The van der Waals surface area contributed by atoms with Crippen molar-refractivity contribution in [2.45, 2.75) is 44.7 Å². The Morgan fingerprint density at radius 2 is 1.96 bits per heavy atom. The maximum Gasteiger partial charge on any atom is 0.254 e. The van der Waals surface area contributed by atoms with Gasteiger partial charge in [-0.05, 0) is 19.8 Å². The Balaban J connectivity index is 1.67. The molecule has 0 aliphatic carbocycles. The van der Waals surface area contributed by atoms with E-state index in [1.54, 1.807) is 0 Å². The van der Waals surface area contributed by atoms with Gasteiger partial charge in [0, 0.05) is 42.7 Å². The molecule has 2 bridgehead atoms. The number of amides is 1. The van der Waals surface area contributed by atoms with Gasteiger partial charge in [-0.25, -0.2) is 4.98 Å². The zero-order valence-corrected chi connectivity index (χ0v) is 14.9.